The van der Waals surface area contributed by atoms with Gasteiger partial charge < -0.3 is 9.15 Å². The summed E-state index contributed by atoms with van der Waals surface area (Å²) in [4.78, 5) is 17.6. The van der Waals surface area contributed by atoms with Gasteiger partial charge in [-0.15, -0.1) is 21.5 Å². The van der Waals surface area contributed by atoms with E-state index in [0.29, 0.717) is 12.3 Å². The number of rotatable bonds is 6. The van der Waals surface area contributed by atoms with E-state index in [9.17, 15) is 4.79 Å². The third-order valence-electron chi connectivity index (χ3n) is 4.47. The Bertz CT molecular complexity index is 1200. The summed E-state index contributed by atoms with van der Waals surface area (Å²) < 4.78 is 13.6. The molecule has 0 spiro atoms. The quantitative estimate of drug-likeness (QED) is 0.385. The molecule has 4 aromatic rings. The minimum absolute atomic E-state index is 0.0496. The second-order valence-corrected chi connectivity index (χ2v) is 9.05. The van der Waals surface area contributed by atoms with Crippen LogP contribution in [0.15, 0.2) is 26.4 Å². The predicted octanol–water partition coefficient (Wildman–Crippen LogP) is 4.20. The monoisotopic (exact) mass is 475 g/mol. The number of carbonyl (C=O) groups is 1. The highest BCUT2D eigenvalue weighted by atomic mass is 79.9. The molecule has 0 atom stereocenters. The fourth-order valence-electron chi connectivity index (χ4n) is 3.09. The number of hydrogen-bond donors (Lipinski definition) is 0. The van der Waals surface area contributed by atoms with Crippen molar-refractivity contribution in [2.45, 2.75) is 40.2 Å². The number of carbonyl (C=O) groups excluding carboxylic acids is 1. The Morgan fingerprint density at radius 2 is 2.10 bits per heavy atom. The molecular formula is C19H18BrN5O3S. The van der Waals surface area contributed by atoms with E-state index in [1.54, 1.807) is 0 Å². The van der Waals surface area contributed by atoms with Gasteiger partial charge in [-0.1, -0.05) is 0 Å². The summed E-state index contributed by atoms with van der Waals surface area (Å²) in [5, 5.41) is 12.4. The Morgan fingerprint density at radius 3 is 2.86 bits per heavy atom. The number of ether oxygens (including phenoxy) is 1. The maximum atomic E-state index is 12.2. The van der Waals surface area contributed by atoms with Crippen molar-refractivity contribution in [3.63, 3.8) is 0 Å². The first kappa shape index (κ1) is 19.7. The number of thiophene rings is 1. The van der Waals surface area contributed by atoms with Crippen LogP contribution in [0.1, 0.15) is 35.0 Å². The average Bonchev–Trinajstić information content (AvgIpc) is 3.39. The number of aryl methyl sites for hydroxylation is 3. The van der Waals surface area contributed by atoms with Gasteiger partial charge in [0.25, 0.3) is 11.8 Å². The SMILES string of the molecule is Cc1cc2nc(C)c(CCC(=O)OCc3nnc(-c4ccc(Br)s4)o3)c(C)n2n1. The van der Waals surface area contributed by atoms with E-state index in [2.05, 4.69) is 36.2 Å². The Balaban J connectivity index is 1.36. The van der Waals surface area contributed by atoms with E-state index in [-0.39, 0.29) is 24.9 Å². The van der Waals surface area contributed by atoms with Gasteiger partial charge in [-0.2, -0.15) is 5.10 Å². The first-order valence-electron chi connectivity index (χ1n) is 8.97. The molecule has 0 aliphatic carbocycles. The summed E-state index contributed by atoms with van der Waals surface area (Å²) in [5.74, 6) is 0.339. The number of esters is 1. The van der Waals surface area contributed by atoms with E-state index < -0.39 is 0 Å². The molecule has 0 saturated heterocycles. The molecule has 29 heavy (non-hydrogen) atoms. The standard InChI is InChI=1S/C19H18BrN5O3S/c1-10-8-16-21-11(2)13(12(3)25(16)24-10)4-7-18(26)27-9-17-22-23-19(28-17)14-5-6-15(20)29-14/h5-6,8H,4,7,9H2,1-3H3. The van der Waals surface area contributed by atoms with Gasteiger partial charge in [-0.05, 0) is 60.8 Å². The van der Waals surface area contributed by atoms with Crippen LogP contribution in [0.2, 0.25) is 0 Å². The van der Waals surface area contributed by atoms with E-state index in [4.69, 9.17) is 9.15 Å². The van der Waals surface area contributed by atoms with Crippen molar-refractivity contribution in [2.75, 3.05) is 0 Å². The summed E-state index contributed by atoms with van der Waals surface area (Å²) in [6.07, 6.45) is 0.755. The molecule has 0 bridgehead atoms. The van der Waals surface area contributed by atoms with Crippen molar-refractivity contribution in [1.29, 1.82) is 0 Å². The van der Waals surface area contributed by atoms with E-state index in [1.165, 1.54) is 11.3 Å². The molecule has 10 heteroatoms. The molecule has 150 valence electrons. The zero-order valence-corrected chi connectivity index (χ0v) is 18.5. The lowest BCUT2D eigenvalue weighted by Gasteiger charge is -2.10. The lowest BCUT2D eigenvalue weighted by Crippen LogP contribution is -2.10. The van der Waals surface area contributed by atoms with Gasteiger partial charge in [0.05, 0.1) is 14.4 Å². The van der Waals surface area contributed by atoms with Crippen LogP contribution < -0.4 is 0 Å². The van der Waals surface area contributed by atoms with E-state index >= 15 is 0 Å². The van der Waals surface area contributed by atoms with Gasteiger partial charge in [-0.25, -0.2) is 9.50 Å². The maximum Gasteiger partial charge on any atom is 0.306 e. The van der Waals surface area contributed by atoms with Gasteiger partial charge in [0, 0.05) is 23.9 Å². The molecule has 0 saturated carbocycles. The van der Waals surface area contributed by atoms with E-state index in [1.807, 2.05) is 43.5 Å². The second-order valence-electron chi connectivity index (χ2n) is 6.58. The third kappa shape index (κ3) is 4.23. The van der Waals surface area contributed by atoms with Crippen molar-refractivity contribution >= 4 is 38.9 Å². The number of hydrogen-bond acceptors (Lipinski definition) is 8. The molecule has 0 aliphatic rings. The molecule has 0 radical (unpaired) electrons. The summed E-state index contributed by atoms with van der Waals surface area (Å²) in [7, 11) is 0. The third-order valence-corrected chi connectivity index (χ3v) is 6.08. The number of halogens is 1. The Morgan fingerprint density at radius 1 is 1.28 bits per heavy atom. The van der Waals surface area contributed by atoms with Crippen molar-refractivity contribution in [2.24, 2.45) is 0 Å². The second kappa shape index (κ2) is 8.03. The topological polar surface area (TPSA) is 95.4 Å². The molecule has 0 amide bonds. The number of aromatic nitrogens is 5. The minimum Gasteiger partial charge on any atom is -0.456 e. The van der Waals surface area contributed by atoms with Crippen molar-refractivity contribution in [3.8, 4) is 10.8 Å². The fourth-order valence-corrected chi connectivity index (χ4v) is 4.39. The van der Waals surface area contributed by atoms with Crippen LogP contribution in [0.4, 0.5) is 0 Å². The Labute approximate surface area is 179 Å². The van der Waals surface area contributed by atoms with Gasteiger partial charge in [0.2, 0.25) is 0 Å². The lowest BCUT2D eigenvalue weighted by atomic mass is 10.1. The molecule has 4 heterocycles. The average molecular weight is 476 g/mol. The van der Waals surface area contributed by atoms with Crippen LogP contribution in [-0.2, 0) is 22.6 Å². The van der Waals surface area contributed by atoms with Crippen molar-refractivity contribution in [3.05, 3.63) is 50.5 Å². The molecule has 0 aliphatic heterocycles. The number of nitrogens with zero attached hydrogens (tertiary/aromatic N) is 5. The Hall–Kier alpha value is -2.59. The number of fused-ring (bicyclic) bond motifs is 1. The first-order chi connectivity index (χ1) is 13.9. The van der Waals surface area contributed by atoms with Crippen LogP contribution >= 0.6 is 27.3 Å². The van der Waals surface area contributed by atoms with Crippen LogP contribution in [-0.4, -0.2) is 30.8 Å². The van der Waals surface area contributed by atoms with Crippen LogP contribution in [0.25, 0.3) is 16.4 Å². The molecule has 8 nitrogen and oxygen atoms in total. The zero-order valence-electron chi connectivity index (χ0n) is 16.1. The van der Waals surface area contributed by atoms with E-state index in [0.717, 1.165) is 37.0 Å². The molecule has 0 fully saturated rings. The predicted molar refractivity (Wildman–Crippen MR) is 111 cm³/mol. The van der Waals surface area contributed by atoms with Crippen molar-refractivity contribution in [1.82, 2.24) is 24.8 Å². The lowest BCUT2D eigenvalue weighted by molar-refractivity contribution is -0.145. The van der Waals surface area contributed by atoms with Gasteiger partial charge in [-0.3, -0.25) is 4.79 Å². The highest BCUT2D eigenvalue weighted by molar-refractivity contribution is 9.11. The largest absolute Gasteiger partial charge is 0.456 e. The first-order valence-corrected chi connectivity index (χ1v) is 10.6. The molecule has 4 aromatic heterocycles. The molecule has 0 N–H and O–H groups in total. The highest BCUT2D eigenvalue weighted by Crippen LogP contribution is 2.30. The van der Waals surface area contributed by atoms with Crippen LogP contribution in [0.5, 0.6) is 0 Å². The van der Waals surface area contributed by atoms with Gasteiger partial charge >= 0.3 is 5.97 Å². The van der Waals surface area contributed by atoms with Crippen LogP contribution in [0.3, 0.4) is 0 Å². The minimum atomic E-state index is -0.334. The summed E-state index contributed by atoms with van der Waals surface area (Å²) in [6.45, 7) is 5.81. The normalized spacial score (nSPS) is 11.3. The fraction of sp³-hybridized carbons (Fsp3) is 0.316. The summed E-state index contributed by atoms with van der Waals surface area (Å²) in [6, 6.07) is 5.73. The van der Waals surface area contributed by atoms with Crippen molar-refractivity contribution < 1.29 is 13.9 Å². The zero-order chi connectivity index (χ0) is 20.5. The summed E-state index contributed by atoms with van der Waals surface area (Å²) >= 11 is 4.89. The van der Waals surface area contributed by atoms with Crippen LogP contribution in [0, 0.1) is 20.8 Å². The van der Waals surface area contributed by atoms with Gasteiger partial charge in [0.1, 0.15) is 0 Å². The molecular weight excluding hydrogens is 458 g/mol. The highest BCUT2D eigenvalue weighted by Gasteiger charge is 2.15. The van der Waals surface area contributed by atoms with Gasteiger partial charge in [0.15, 0.2) is 12.3 Å². The Kier molecular flexibility index (Phi) is 5.46. The summed E-state index contributed by atoms with van der Waals surface area (Å²) in [5.41, 5.74) is 4.60. The molecule has 4 rings (SSSR count). The molecule has 0 unspecified atom stereocenters. The molecule has 0 aromatic carbocycles. The smallest absolute Gasteiger partial charge is 0.306 e. The maximum absolute atomic E-state index is 12.2.